The Labute approximate surface area is 140 Å². The fraction of sp³-hybridized carbons (Fsp3) is 0.263. The van der Waals surface area contributed by atoms with Gasteiger partial charge < -0.3 is 10.6 Å². The summed E-state index contributed by atoms with van der Waals surface area (Å²) in [5.74, 6) is 0. The number of urea groups is 1. The third kappa shape index (κ3) is 2.52. The minimum Gasteiger partial charge on any atom is -0.331 e. The van der Waals surface area contributed by atoms with Gasteiger partial charge in [-0.2, -0.15) is 5.10 Å². The van der Waals surface area contributed by atoms with Gasteiger partial charge in [0, 0.05) is 24.2 Å². The molecule has 4 rings (SSSR count). The summed E-state index contributed by atoms with van der Waals surface area (Å²) >= 11 is 0. The van der Waals surface area contributed by atoms with Gasteiger partial charge in [-0.05, 0) is 42.3 Å². The zero-order chi connectivity index (χ0) is 16.7. The molecule has 1 aliphatic carbocycles. The summed E-state index contributed by atoms with van der Waals surface area (Å²) < 4.78 is 1.73. The third-order valence-corrected chi connectivity index (χ3v) is 4.70. The second-order valence-corrected chi connectivity index (χ2v) is 6.38. The molecule has 122 valence electrons. The summed E-state index contributed by atoms with van der Waals surface area (Å²) in [4.78, 5) is 12.4. The van der Waals surface area contributed by atoms with Crippen LogP contribution in [0.25, 0.3) is 10.8 Å². The first-order chi connectivity index (χ1) is 11.6. The predicted molar refractivity (Wildman–Crippen MR) is 95.1 cm³/mol. The van der Waals surface area contributed by atoms with Crippen LogP contribution in [0.15, 0.2) is 42.7 Å². The van der Waals surface area contributed by atoms with Crippen LogP contribution in [0, 0.1) is 0 Å². The van der Waals surface area contributed by atoms with Gasteiger partial charge in [-0.25, -0.2) is 4.79 Å². The Bertz CT molecular complexity index is 918. The van der Waals surface area contributed by atoms with E-state index in [1.54, 1.807) is 10.9 Å². The van der Waals surface area contributed by atoms with Gasteiger partial charge in [0.15, 0.2) is 0 Å². The number of hydrogen-bond acceptors (Lipinski definition) is 2. The minimum absolute atomic E-state index is 0.101. The normalized spacial score (nSPS) is 13.9. The molecule has 1 aromatic heterocycles. The molecule has 2 N–H and O–H groups in total. The van der Waals surface area contributed by atoms with E-state index in [-0.39, 0.29) is 12.1 Å². The van der Waals surface area contributed by atoms with Crippen LogP contribution in [0.1, 0.15) is 29.7 Å². The number of rotatable bonds is 3. The fourth-order valence-corrected chi connectivity index (χ4v) is 3.46. The zero-order valence-electron chi connectivity index (χ0n) is 13.8. The molecule has 0 radical (unpaired) electrons. The monoisotopic (exact) mass is 320 g/mol. The average Bonchev–Trinajstić information content (AvgIpc) is 3.18. The van der Waals surface area contributed by atoms with E-state index in [1.807, 2.05) is 26.2 Å². The van der Waals surface area contributed by atoms with Crippen LogP contribution >= 0.6 is 0 Å². The maximum atomic E-state index is 12.4. The van der Waals surface area contributed by atoms with E-state index in [0.29, 0.717) is 0 Å². The smallest absolute Gasteiger partial charge is 0.319 e. The first-order valence-corrected chi connectivity index (χ1v) is 8.21. The molecule has 5 nitrogen and oxygen atoms in total. The molecule has 0 fully saturated rings. The van der Waals surface area contributed by atoms with Crippen molar-refractivity contribution in [2.45, 2.75) is 25.8 Å². The lowest BCUT2D eigenvalue weighted by Gasteiger charge is -2.15. The number of hydrogen-bond donors (Lipinski definition) is 2. The molecular weight excluding hydrogens is 300 g/mol. The van der Waals surface area contributed by atoms with Crippen molar-refractivity contribution in [3.05, 3.63) is 59.4 Å². The summed E-state index contributed by atoms with van der Waals surface area (Å²) in [6, 6.07) is 10.1. The summed E-state index contributed by atoms with van der Waals surface area (Å²) in [5, 5.41) is 12.5. The topological polar surface area (TPSA) is 59.0 Å². The van der Waals surface area contributed by atoms with Crippen LogP contribution < -0.4 is 10.6 Å². The molecule has 1 heterocycles. The van der Waals surface area contributed by atoms with Crippen molar-refractivity contribution >= 4 is 22.5 Å². The maximum absolute atomic E-state index is 12.4. The Kier molecular flexibility index (Phi) is 3.49. The lowest BCUT2D eigenvalue weighted by Crippen LogP contribution is -2.31. The first-order valence-electron chi connectivity index (χ1n) is 8.21. The Morgan fingerprint density at radius 1 is 1.21 bits per heavy atom. The van der Waals surface area contributed by atoms with Crippen molar-refractivity contribution in [2.75, 3.05) is 5.32 Å². The molecule has 2 amide bonds. The molecule has 0 saturated heterocycles. The van der Waals surface area contributed by atoms with E-state index in [2.05, 4.69) is 40.0 Å². The summed E-state index contributed by atoms with van der Waals surface area (Å²) in [6.07, 6.45) is 5.84. The molecule has 5 heteroatoms. The van der Waals surface area contributed by atoms with Crippen LogP contribution in [0.3, 0.4) is 0 Å². The number of nitrogens with one attached hydrogen (secondary N) is 2. The van der Waals surface area contributed by atoms with Crippen molar-refractivity contribution < 1.29 is 4.79 Å². The highest BCUT2D eigenvalue weighted by Crippen LogP contribution is 2.34. The lowest BCUT2D eigenvalue weighted by molar-refractivity contribution is 0.249. The molecule has 24 heavy (non-hydrogen) atoms. The summed E-state index contributed by atoms with van der Waals surface area (Å²) in [7, 11) is 1.86. The van der Waals surface area contributed by atoms with E-state index >= 15 is 0 Å². The summed E-state index contributed by atoms with van der Waals surface area (Å²) in [6.45, 7) is 1.95. The van der Waals surface area contributed by atoms with E-state index in [1.165, 1.54) is 16.5 Å². The number of amides is 2. The number of carbonyl (C=O) groups is 1. The van der Waals surface area contributed by atoms with Crippen molar-refractivity contribution in [3.8, 4) is 0 Å². The van der Waals surface area contributed by atoms with Crippen LogP contribution in [0.5, 0.6) is 0 Å². The molecule has 0 bridgehead atoms. The highest BCUT2D eigenvalue weighted by atomic mass is 16.2. The zero-order valence-corrected chi connectivity index (χ0v) is 13.8. The van der Waals surface area contributed by atoms with Crippen molar-refractivity contribution in [3.63, 3.8) is 0 Å². The molecular formula is C19H20N4O. The van der Waals surface area contributed by atoms with E-state index in [0.717, 1.165) is 29.5 Å². The molecule has 0 spiro atoms. The molecule has 0 unspecified atom stereocenters. The van der Waals surface area contributed by atoms with Crippen molar-refractivity contribution in [2.24, 2.45) is 7.05 Å². The van der Waals surface area contributed by atoms with Crippen molar-refractivity contribution in [1.29, 1.82) is 0 Å². The van der Waals surface area contributed by atoms with Gasteiger partial charge in [0.2, 0.25) is 0 Å². The van der Waals surface area contributed by atoms with Crippen LogP contribution in [-0.2, 0) is 19.9 Å². The standard InChI is InChI=1S/C19H20N4O/c1-12(15-10-20-23(2)11-15)21-19(24)22-17-9-8-14-7-6-13-4-3-5-16(17)18(13)14/h3-5,8-12H,6-7H2,1-2H3,(H2,21,22,24)/t12-/m1/s1. The van der Waals surface area contributed by atoms with Gasteiger partial charge in [0.25, 0.3) is 0 Å². The molecule has 1 aliphatic rings. The first kappa shape index (κ1) is 14.8. The van der Waals surface area contributed by atoms with Gasteiger partial charge in [-0.3, -0.25) is 4.68 Å². The lowest BCUT2D eigenvalue weighted by atomic mass is 10.0. The highest BCUT2D eigenvalue weighted by Gasteiger charge is 2.17. The van der Waals surface area contributed by atoms with Gasteiger partial charge in [-0.1, -0.05) is 24.3 Å². The van der Waals surface area contributed by atoms with Crippen LogP contribution in [0.4, 0.5) is 10.5 Å². The number of aryl methyl sites for hydroxylation is 3. The van der Waals surface area contributed by atoms with Gasteiger partial charge in [0.05, 0.1) is 17.9 Å². The van der Waals surface area contributed by atoms with Crippen LogP contribution in [0.2, 0.25) is 0 Å². The number of anilines is 1. The Hall–Kier alpha value is -2.82. The molecule has 1 atom stereocenters. The second kappa shape index (κ2) is 5.67. The van der Waals surface area contributed by atoms with E-state index < -0.39 is 0 Å². The van der Waals surface area contributed by atoms with E-state index in [9.17, 15) is 4.79 Å². The van der Waals surface area contributed by atoms with Crippen LogP contribution in [-0.4, -0.2) is 15.8 Å². The minimum atomic E-state index is -0.204. The fourth-order valence-electron chi connectivity index (χ4n) is 3.46. The number of nitrogens with zero attached hydrogens (tertiary/aromatic N) is 2. The van der Waals surface area contributed by atoms with Crippen molar-refractivity contribution in [1.82, 2.24) is 15.1 Å². The van der Waals surface area contributed by atoms with Gasteiger partial charge in [-0.15, -0.1) is 0 Å². The predicted octanol–water partition coefficient (Wildman–Crippen LogP) is 3.55. The SMILES string of the molecule is C[C@@H](NC(=O)Nc1ccc2c3c(cccc13)CC2)c1cnn(C)c1. The largest absolute Gasteiger partial charge is 0.331 e. The number of aromatic nitrogens is 2. The quantitative estimate of drug-likeness (QED) is 0.775. The Morgan fingerprint density at radius 3 is 2.75 bits per heavy atom. The second-order valence-electron chi connectivity index (χ2n) is 6.38. The Morgan fingerprint density at radius 2 is 2.00 bits per heavy atom. The summed E-state index contributed by atoms with van der Waals surface area (Å²) in [5.41, 5.74) is 4.58. The molecule has 0 aliphatic heterocycles. The van der Waals surface area contributed by atoms with Gasteiger partial charge in [0.1, 0.15) is 0 Å². The Balaban J connectivity index is 1.55. The van der Waals surface area contributed by atoms with Gasteiger partial charge >= 0.3 is 6.03 Å². The molecule has 0 saturated carbocycles. The maximum Gasteiger partial charge on any atom is 0.319 e. The number of carbonyl (C=O) groups excluding carboxylic acids is 1. The number of benzene rings is 2. The average molecular weight is 320 g/mol. The third-order valence-electron chi connectivity index (χ3n) is 4.70. The molecule has 2 aromatic carbocycles. The highest BCUT2D eigenvalue weighted by molar-refractivity contribution is 6.04. The molecule has 3 aromatic rings. The van der Waals surface area contributed by atoms with E-state index in [4.69, 9.17) is 0 Å².